The van der Waals surface area contributed by atoms with Crippen molar-refractivity contribution in [3.63, 3.8) is 0 Å². The molecule has 0 saturated heterocycles. The van der Waals surface area contributed by atoms with Gasteiger partial charge in [-0.05, 0) is 13.8 Å². The van der Waals surface area contributed by atoms with E-state index in [0.29, 0.717) is 0 Å². The standard InChI is InChI=1S/C10H18N2O6/c1-10(2,18)5-12(3)9(17)11-6(8(15)16)4-7(13)14/h6,18H,4-5H2,1-3H3,(H,11,17)(H,13,14)(H,15,16)/t6-/m1/s1. The Hall–Kier alpha value is -1.83. The van der Waals surface area contributed by atoms with Crippen molar-refractivity contribution in [2.24, 2.45) is 0 Å². The lowest BCUT2D eigenvalue weighted by Gasteiger charge is -2.26. The first-order valence-corrected chi connectivity index (χ1v) is 5.21. The summed E-state index contributed by atoms with van der Waals surface area (Å²) in [6, 6.07) is -2.26. The number of aliphatic hydroxyl groups is 1. The van der Waals surface area contributed by atoms with Gasteiger partial charge in [-0.2, -0.15) is 0 Å². The average Bonchev–Trinajstić information content (AvgIpc) is 2.12. The van der Waals surface area contributed by atoms with Crippen LogP contribution < -0.4 is 5.32 Å². The van der Waals surface area contributed by atoms with Crippen LogP contribution in [0.25, 0.3) is 0 Å². The molecule has 0 aromatic rings. The summed E-state index contributed by atoms with van der Waals surface area (Å²) in [5.41, 5.74) is -1.13. The molecule has 0 heterocycles. The molecule has 1 atom stereocenters. The van der Waals surface area contributed by atoms with Crippen LogP contribution >= 0.6 is 0 Å². The van der Waals surface area contributed by atoms with E-state index in [-0.39, 0.29) is 6.54 Å². The van der Waals surface area contributed by atoms with Gasteiger partial charge in [0.05, 0.1) is 18.6 Å². The van der Waals surface area contributed by atoms with E-state index in [0.717, 1.165) is 4.90 Å². The SMILES string of the molecule is CN(CC(C)(C)O)C(=O)N[C@H](CC(=O)O)C(=O)O. The highest BCUT2D eigenvalue weighted by Crippen LogP contribution is 2.04. The normalized spacial score (nSPS) is 12.7. The Morgan fingerprint density at radius 1 is 1.28 bits per heavy atom. The third-order valence-electron chi connectivity index (χ3n) is 1.95. The first-order valence-electron chi connectivity index (χ1n) is 5.21. The van der Waals surface area contributed by atoms with E-state index in [1.54, 1.807) is 0 Å². The molecule has 0 aromatic heterocycles. The van der Waals surface area contributed by atoms with Crippen LogP contribution in [0.15, 0.2) is 0 Å². The fraction of sp³-hybridized carbons (Fsp3) is 0.700. The lowest BCUT2D eigenvalue weighted by molar-refractivity contribution is -0.145. The fourth-order valence-electron chi connectivity index (χ4n) is 1.29. The van der Waals surface area contributed by atoms with Gasteiger partial charge in [0, 0.05) is 7.05 Å². The van der Waals surface area contributed by atoms with Crippen molar-refractivity contribution >= 4 is 18.0 Å². The van der Waals surface area contributed by atoms with E-state index < -0.39 is 36.0 Å². The monoisotopic (exact) mass is 262 g/mol. The molecule has 0 rings (SSSR count). The van der Waals surface area contributed by atoms with Crippen LogP contribution in [0.4, 0.5) is 4.79 Å². The minimum absolute atomic E-state index is 0.0156. The molecule has 0 spiro atoms. The zero-order valence-corrected chi connectivity index (χ0v) is 10.5. The highest BCUT2D eigenvalue weighted by Gasteiger charge is 2.26. The van der Waals surface area contributed by atoms with Crippen molar-refractivity contribution < 1.29 is 29.7 Å². The van der Waals surface area contributed by atoms with Crippen molar-refractivity contribution in [1.82, 2.24) is 10.2 Å². The molecule has 0 saturated carbocycles. The molecule has 0 bridgehead atoms. The van der Waals surface area contributed by atoms with Gasteiger partial charge in [0.15, 0.2) is 0 Å². The van der Waals surface area contributed by atoms with Crippen molar-refractivity contribution in [3.05, 3.63) is 0 Å². The number of nitrogens with zero attached hydrogens (tertiary/aromatic N) is 1. The highest BCUT2D eigenvalue weighted by atomic mass is 16.4. The number of carboxylic acid groups (broad SMARTS) is 2. The lowest BCUT2D eigenvalue weighted by Crippen LogP contribution is -2.50. The predicted octanol–water partition coefficient (Wildman–Crippen LogP) is -0.673. The topological polar surface area (TPSA) is 127 Å². The van der Waals surface area contributed by atoms with Gasteiger partial charge in [0.2, 0.25) is 0 Å². The summed E-state index contributed by atoms with van der Waals surface area (Å²) in [6.07, 6.45) is -0.711. The van der Waals surface area contributed by atoms with Crippen LogP contribution in [0, 0.1) is 0 Å². The maximum Gasteiger partial charge on any atom is 0.326 e. The van der Waals surface area contributed by atoms with E-state index in [2.05, 4.69) is 5.32 Å². The van der Waals surface area contributed by atoms with Crippen LogP contribution in [0.1, 0.15) is 20.3 Å². The van der Waals surface area contributed by atoms with Gasteiger partial charge in [0.25, 0.3) is 0 Å². The van der Waals surface area contributed by atoms with Gasteiger partial charge in [-0.15, -0.1) is 0 Å². The number of amides is 2. The Kier molecular flexibility index (Phi) is 5.57. The molecule has 8 nitrogen and oxygen atoms in total. The molecule has 0 aromatic carbocycles. The van der Waals surface area contributed by atoms with Crippen LogP contribution in [0.3, 0.4) is 0 Å². The maximum atomic E-state index is 11.6. The van der Waals surface area contributed by atoms with Gasteiger partial charge < -0.3 is 25.5 Å². The minimum Gasteiger partial charge on any atom is -0.481 e. The van der Waals surface area contributed by atoms with Crippen LogP contribution in [-0.2, 0) is 9.59 Å². The molecule has 18 heavy (non-hydrogen) atoms. The predicted molar refractivity (Wildman–Crippen MR) is 61.1 cm³/mol. The number of likely N-dealkylation sites (N-methyl/N-ethyl adjacent to an activating group) is 1. The summed E-state index contributed by atoms with van der Waals surface area (Å²) >= 11 is 0. The minimum atomic E-state index is -1.50. The van der Waals surface area contributed by atoms with E-state index in [4.69, 9.17) is 10.2 Å². The van der Waals surface area contributed by atoms with Crippen molar-refractivity contribution in [1.29, 1.82) is 0 Å². The van der Waals surface area contributed by atoms with Gasteiger partial charge >= 0.3 is 18.0 Å². The largest absolute Gasteiger partial charge is 0.481 e. The first-order chi connectivity index (χ1) is 8.03. The van der Waals surface area contributed by atoms with E-state index in [1.807, 2.05) is 0 Å². The second kappa shape index (κ2) is 6.20. The summed E-state index contributed by atoms with van der Waals surface area (Å²) < 4.78 is 0. The molecule has 4 N–H and O–H groups in total. The van der Waals surface area contributed by atoms with Crippen LogP contribution in [0.2, 0.25) is 0 Å². The average molecular weight is 262 g/mol. The van der Waals surface area contributed by atoms with E-state index in [9.17, 15) is 19.5 Å². The number of aliphatic carboxylic acids is 2. The fourth-order valence-corrected chi connectivity index (χ4v) is 1.29. The van der Waals surface area contributed by atoms with Crippen LogP contribution in [0.5, 0.6) is 0 Å². The maximum absolute atomic E-state index is 11.6. The molecule has 8 heteroatoms. The summed E-state index contributed by atoms with van der Waals surface area (Å²) in [5, 5.41) is 28.8. The summed E-state index contributed by atoms with van der Waals surface area (Å²) in [7, 11) is 1.37. The molecular weight excluding hydrogens is 244 g/mol. The highest BCUT2D eigenvalue weighted by molar-refractivity contribution is 5.86. The summed E-state index contributed by atoms with van der Waals surface area (Å²) in [6.45, 7) is 2.96. The van der Waals surface area contributed by atoms with E-state index >= 15 is 0 Å². The molecule has 0 radical (unpaired) electrons. The molecule has 2 amide bonds. The van der Waals surface area contributed by atoms with Gasteiger partial charge in [-0.3, -0.25) is 4.79 Å². The Balaban J connectivity index is 4.50. The van der Waals surface area contributed by atoms with E-state index in [1.165, 1.54) is 20.9 Å². The Morgan fingerprint density at radius 3 is 2.11 bits per heavy atom. The zero-order chi connectivity index (χ0) is 14.5. The second-order valence-electron chi connectivity index (χ2n) is 4.61. The van der Waals surface area contributed by atoms with Gasteiger partial charge in [0.1, 0.15) is 6.04 Å². The number of rotatable bonds is 6. The lowest BCUT2D eigenvalue weighted by atomic mass is 10.1. The Bertz CT molecular complexity index is 336. The molecule has 0 unspecified atom stereocenters. The quantitative estimate of drug-likeness (QED) is 0.502. The number of hydrogen-bond acceptors (Lipinski definition) is 4. The molecule has 0 aliphatic carbocycles. The number of nitrogens with one attached hydrogen (secondary N) is 1. The third-order valence-corrected chi connectivity index (χ3v) is 1.95. The molecular formula is C10H18N2O6. The number of carbonyl (C=O) groups excluding carboxylic acids is 1. The second-order valence-corrected chi connectivity index (χ2v) is 4.61. The third kappa shape index (κ3) is 6.69. The first kappa shape index (κ1) is 16.2. The number of urea groups is 1. The molecule has 0 aliphatic heterocycles. The molecule has 0 aliphatic rings. The van der Waals surface area contributed by atoms with Gasteiger partial charge in [-0.1, -0.05) is 0 Å². The zero-order valence-electron chi connectivity index (χ0n) is 10.5. The van der Waals surface area contributed by atoms with Gasteiger partial charge in [-0.25, -0.2) is 9.59 Å². The summed E-state index contributed by atoms with van der Waals surface area (Å²) in [5.74, 6) is -2.75. The molecule has 104 valence electrons. The number of carboxylic acids is 2. The van der Waals surface area contributed by atoms with Crippen molar-refractivity contribution in [2.75, 3.05) is 13.6 Å². The van der Waals surface area contributed by atoms with Crippen molar-refractivity contribution in [2.45, 2.75) is 31.9 Å². The Labute approximate surface area is 104 Å². The smallest absolute Gasteiger partial charge is 0.326 e. The number of hydrogen-bond donors (Lipinski definition) is 4. The van der Waals surface area contributed by atoms with Crippen molar-refractivity contribution in [3.8, 4) is 0 Å². The Morgan fingerprint density at radius 2 is 1.78 bits per heavy atom. The summed E-state index contributed by atoms with van der Waals surface area (Å²) in [4.78, 5) is 33.8. The number of carbonyl (C=O) groups is 3. The van der Waals surface area contributed by atoms with Crippen LogP contribution in [-0.4, -0.2) is 63.4 Å². The molecule has 0 fully saturated rings.